The molecule has 1 aromatic heterocycles. The summed E-state index contributed by atoms with van der Waals surface area (Å²) in [7, 11) is 1.60. The van der Waals surface area contributed by atoms with Gasteiger partial charge in [0.2, 0.25) is 0 Å². The third kappa shape index (κ3) is 4.44. The monoisotopic (exact) mass is 361 g/mol. The molecule has 27 heavy (non-hydrogen) atoms. The molecule has 0 saturated carbocycles. The Balaban J connectivity index is 1.81. The minimum absolute atomic E-state index is 0.224. The van der Waals surface area contributed by atoms with Crippen LogP contribution in [0.2, 0.25) is 0 Å². The highest BCUT2D eigenvalue weighted by Gasteiger charge is 2.14. The van der Waals surface area contributed by atoms with Gasteiger partial charge in [-0.15, -0.1) is 0 Å². The van der Waals surface area contributed by atoms with Crippen LogP contribution in [0.1, 0.15) is 35.7 Å². The van der Waals surface area contributed by atoms with Gasteiger partial charge in [0, 0.05) is 11.9 Å². The van der Waals surface area contributed by atoms with Gasteiger partial charge in [-0.3, -0.25) is 4.79 Å². The zero-order valence-electron chi connectivity index (χ0n) is 15.7. The van der Waals surface area contributed by atoms with Gasteiger partial charge in [0.1, 0.15) is 11.6 Å². The van der Waals surface area contributed by atoms with Crippen LogP contribution in [0.15, 0.2) is 66.9 Å². The molecule has 0 atom stereocenters. The van der Waals surface area contributed by atoms with Crippen molar-refractivity contribution in [1.82, 2.24) is 4.98 Å². The van der Waals surface area contributed by atoms with E-state index in [-0.39, 0.29) is 5.91 Å². The van der Waals surface area contributed by atoms with E-state index in [4.69, 9.17) is 4.74 Å². The molecule has 0 aliphatic rings. The maximum Gasteiger partial charge on any atom is 0.259 e. The molecule has 5 nitrogen and oxygen atoms in total. The average Bonchev–Trinajstić information content (AvgIpc) is 2.69. The van der Waals surface area contributed by atoms with Crippen LogP contribution in [0.3, 0.4) is 0 Å². The predicted molar refractivity (Wildman–Crippen MR) is 109 cm³/mol. The minimum atomic E-state index is -0.224. The Morgan fingerprint density at radius 2 is 1.74 bits per heavy atom. The molecule has 1 heterocycles. The fraction of sp³-hybridized carbons (Fsp3) is 0.182. The zero-order chi connectivity index (χ0) is 19.2. The van der Waals surface area contributed by atoms with Crippen LogP contribution in [-0.4, -0.2) is 18.0 Å². The Labute approximate surface area is 159 Å². The number of nitrogens with zero attached hydrogens (tertiary/aromatic N) is 1. The highest BCUT2D eigenvalue weighted by atomic mass is 16.5. The van der Waals surface area contributed by atoms with E-state index in [1.165, 1.54) is 5.56 Å². The SMILES string of the molecule is COc1ccccc1Nc1ncccc1C(=O)Nc1ccc(C(C)C)cc1. The Bertz CT molecular complexity index is 921. The highest BCUT2D eigenvalue weighted by Crippen LogP contribution is 2.28. The summed E-state index contributed by atoms with van der Waals surface area (Å²) in [4.78, 5) is 17.1. The molecule has 138 valence electrons. The Morgan fingerprint density at radius 1 is 1.00 bits per heavy atom. The molecule has 0 aliphatic carbocycles. The predicted octanol–water partition coefficient (Wildman–Crippen LogP) is 5.21. The van der Waals surface area contributed by atoms with Gasteiger partial charge in [-0.2, -0.15) is 0 Å². The summed E-state index contributed by atoms with van der Waals surface area (Å²) in [5.74, 6) is 1.37. The lowest BCUT2D eigenvalue weighted by molar-refractivity contribution is 0.102. The number of nitrogens with one attached hydrogen (secondary N) is 2. The van der Waals surface area contributed by atoms with Gasteiger partial charge in [0.05, 0.1) is 18.4 Å². The Morgan fingerprint density at radius 3 is 2.44 bits per heavy atom. The Kier molecular flexibility index (Phi) is 5.71. The summed E-state index contributed by atoms with van der Waals surface area (Å²) in [5, 5.41) is 6.11. The fourth-order valence-corrected chi connectivity index (χ4v) is 2.71. The number of pyridine rings is 1. The maximum atomic E-state index is 12.8. The van der Waals surface area contributed by atoms with Crippen LogP contribution >= 0.6 is 0 Å². The number of para-hydroxylation sites is 2. The number of ether oxygens (including phenoxy) is 1. The van der Waals surface area contributed by atoms with E-state index < -0.39 is 0 Å². The van der Waals surface area contributed by atoms with E-state index in [0.717, 1.165) is 11.4 Å². The molecule has 3 rings (SSSR count). The van der Waals surface area contributed by atoms with Crippen LogP contribution in [0.4, 0.5) is 17.2 Å². The number of anilines is 3. The number of benzene rings is 2. The number of carbonyl (C=O) groups is 1. The number of carbonyl (C=O) groups excluding carboxylic acids is 1. The molecule has 2 N–H and O–H groups in total. The van der Waals surface area contributed by atoms with Gasteiger partial charge in [0.25, 0.3) is 5.91 Å². The number of rotatable bonds is 6. The van der Waals surface area contributed by atoms with Gasteiger partial charge in [-0.25, -0.2) is 4.98 Å². The zero-order valence-corrected chi connectivity index (χ0v) is 15.7. The lowest BCUT2D eigenvalue weighted by atomic mass is 10.0. The number of amides is 1. The summed E-state index contributed by atoms with van der Waals surface area (Å²) >= 11 is 0. The number of hydrogen-bond donors (Lipinski definition) is 2. The van der Waals surface area contributed by atoms with Gasteiger partial charge in [-0.05, 0) is 47.9 Å². The van der Waals surface area contributed by atoms with E-state index in [0.29, 0.717) is 23.0 Å². The molecule has 0 bridgehead atoms. The lowest BCUT2D eigenvalue weighted by Crippen LogP contribution is -2.14. The highest BCUT2D eigenvalue weighted by molar-refractivity contribution is 6.07. The first-order valence-electron chi connectivity index (χ1n) is 8.85. The quantitative estimate of drug-likeness (QED) is 0.633. The summed E-state index contributed by atoms with van der Waals surface area (Å²) in [6.45, 7) is 4.28. The molecule has 5 heteroatoms. The third-order valence-corrected chi connectivity index (χ3v) is 4.25. The van der Waals surface area contributed by atoms with Gasteiger partial charge in [-0.1, -0.05) is 38.1 Å². The van der Waals surface area contributed by atoms with E-state index in [1.54, 1.807) is 25.4 Å². The fourth-order valence-electron chi connectivity index (χ4n) is 2.71. The van der Waals surface area contributed by atoms with Gasteiger partial charge in [0.15, 0.2) is 0 Å². The van der Waals surface area contributed by atoms with Crippen LogP contribution < -0.4 is 15.4 Å². The van der Waals surface area contributed by atoms with E-state index >= 15 is 0 Å². The minimum Gasteiger partial charge on any atom is -0.495 e. The molecule has 0 radical (unpaired) electrons. The molecular formula is C22H23N3O2. The first-order chi connectivity index (χ1) is 13.1. The Hall–Kier alpha value is -3.34. The molecule has 0 saturated heterocycles. The second kappa shape index (κ2) is 8.36. The number of hydrogen-bond acceptors (Lipinski definition) is 4. The van der Waals surface area contributed by atoms with Crippen molar-refractivity contribution in [3.63, 3.8) is 0 Å². The standard InChI is InChI=1S/C22H23N3O2/c1-15(2)16-10-12-17(13-11-16)24-22(26)18-7-6-14-23-21(18)25-19-8-4-5-9-20(19)27-3/h4-15H,1-3H3,(H,23,25)(H,24,26). The van der Waals surface area contributed by atoms with E-state index in [9.17, 15) is 4.79 Å². The molecule has 3 aromatic rings. The van der Waals surface area contributed by atoms with Crippen molar-refractivity contribution in [3.8, 4) is 5.75 Å². The van der Waals surface area contributed by atoms with Crippen LogP contribution in [0, 0.1) is 0 Å². The van der Waals surface area contributed by atoms with E-state index in [2.05, 4.69) is 29.5 Å². The van der Waals surface area contributed by atoms with Crippen molar-refractivity contribution in [2.45, 2.75) is 19.8 Å². The van der Waals surface area contributed by atoms with Crippen LogP contribution in [-0.2, 0) is 0 Å². The average molecular weight is 361 g/mol. The van der Waals surface area contributed by atoms with Crippen molar-refractivity contribution in [2.75, 3.05) is 17.7 Å². The first kappa shape index (κ1) is 18.5. The van der Waals surface area contributed by atoms with E-state index in [1.807, 2.05) is 48.5 Å². The van der Waals surface area contributed by atoms with Gasteiger partial charge >= 0.3 is 0 Å². The molecule has 1 amide bonds. The molecule has 0 unspecified atom stereocenters. The van der Waals surface area contributed by atoms with Crippen LogP contribution in [0.5, 0.6) is 5.75 Å². The topological polar surface area (TPSA) is 63.2 Å². The second-order valence-corrected chi connectivity index (χ2v) is 6.46. The van der Waals surface area contributed by atoms with Crippen molar-refractivity contribution in [1.29, 1.82) is 0 Å². The normalized spacial score (nSPS) is 10.5. The van der Waals surface area contributed by atoms with Crippen molar-refractivity contribution < 1.29 is 9.53 Å². The van der Waals surface area contributed by atoms with Crippen molar-refractivity contribution in [3.05, 3.63) is 78.0 Å². The second-order valence-electron chi connectivity index (χ2n) is 6.46. The van der Waals surface area contributed by atoms with Crippen molar-refractivity contribution in [2.24, 2.45) is 0 Å². The van der Waals surface area contributed by atoms with Crippen molar-refractivity contribution >= 4 is 23.1 Å². The third-order valence-electron chi connectivity index (χ3n) is 4.25. The summed E-state index contributed by atoms with van der Waals surface area (Å²) in [6.07, 6.45) is 1.64. The number of methoxy groups -OCH3 is 1. The van der Waals surface area contributed by atoms with Crippen LogP contribution in [0.25, 0.3) is 0 Å². The molecule has 0 spiro atoms. The maximum absolute atomic E-state index is 12.8. The molecule has 0 aliphatic heterocycles. The number of aromatic nitrogens is 1. The molecule has 2 aromatic carbocycles. The molecular weight excluding hydrogens is 338 g/mol. The first-order valence-corrected chi connectivity index (χ1v) is 8.85. The summed E-state index contributed by atoms with van der Waals surface area (Å²) in [6, 6.07) is 18.9. The smallest absolute Gasteiger partial charge is 0.259 e. The molecule has 0 fully saturated rings. The van der Waals surface area contributed by atoms with Gasteiger partial charge < -0.3 is 15.4 Å². The summed E-state index contributed by atoms with van der Waals surface area (Å²) < 4.78 is 5.35. The summed E-state index contributed by atoms with van der Waals surface area (Å²) in [5.41, 5.74) is 3.18. The largest absolute Gasteiger partial charge is 0.495 e. The lowest BCUT2D eigenvalue weighted by Gasteiger charge is -2.14.